The maximum absolute atomic E-state index is 13.3. The number of nitrogens with one attached hydrogen (secondary N) is 5. The Morgan fingerprint density at radius 2 is 1.46 bits per heavy atom. The molecule has 8 N–H and O–H groups in total. The molecule has 0 aliphatic rings. The molecule has 0 saturated carbocycles. The van der Waals surface area contributed by atoms with Gasteiger partial charge in [0.15, 0.2) is 0 Å². The third kappa shape index (κ3) is 10.2. The van der Waals surface area contributed by atoms with Crippen LogP contribution < -0.4 is 21.7 Å². The molecule has 0 radical (unpaired) electrons. The number of carbonyl (C=O) groups excluding carboxylic acids is 3. The summed E-state index contributed by atoms with van der Waals surface area (Å²) in [5.41, 5.74) is 7.27. The van der Waals surface area contributed by atoms with Crippen LogP contribution in [0.4, 0.5) is 0 Å². The van der Waals surface area contributed by atoms with Gasteiger partial charge in [-0.15, -0.1) is 0 Å². The number of thioether (sulfide) groups is 1. The number of carboxylic acid groups (broad SMARTS) is 1. The monoisotopic (exact) mass is 536 g/mol. The first-order valence-corrected chi connectivity index (χ1v) is 13.3. The summed E-state index contributed by atoms with van der Waals surface area (Å²) in [4.78, 5) is 64.3. The van der Waals surface area contributed by atoms with Crippen molar-refractivity contribution in [1.82, 2.24) is 35.9 Å². The number of hydrogen-bond donors (Lipinski definition) is 7. The van der Waals surface area contributed by atoms with E-state index < -0.39 is 47.9 Å². The zero-order chi connectivity index (χ0) is 27.4. The summed E-state index contributed by atoms with van der Waals surface area (Å²) in [5, 5.41) is 17.4. The molecule has 0 aliphatic carbocycles. The molecule has 0 fully saturated rings. The van der Waals surface area contributed by atoms with Gasteiger partial charge in [-0.25, -0.2) is 14.8 Å². The molecule has 2 rings (SSSR count). The number of imidazole rings is 2. The highest BCUT2D eigenvalue weighted by molar-refractivity contribution is 7.98. The Hall–Kier alpha value is -3.39. The molecule has 4 unspecified atom stereocenters. The summed E-state index contributed by atoms with van der Waals surface area (Å²) >= 11 is 1.50. The molecule has 0 spiro atoms. The zero-order valence-electron chi connectivity index (χ0n) is 21.2. The topological polar surface area (TPSA) is 208 Å². The standard InChI is InChI=1S/C23H36N8O5S/c1-13(2)6-19(23(35)36)31-22(34)18(8-15-10-26-12-28-15)30-21(33)17(4-5-37-3)29-20(32)16(24)7-14-9-25-11-27-14/h9-13,16-19H,4-8,24H2,1-3H3,(H,25,27)(H,26,28)(H,29,32)(H,30,33)(H,31,34)(H,35,36). The molecule has 0 bridgehead atoms. The highest BCUT2D eigenvalue weighted by Crippen LogP contribution is 2.08. The van der Waals surface area contributed by atoms with Crippen molar-refractivity contribution in [2.45, 2.75) is 63.7 Å². The van der Waals surface area contributed by atoms with Crippen LogP contribution in [0.3, 0.4) is 0 Å². The molecule has 37 heavy (non-hydrogen) atoms. The van der Waals surface area contributed by atoms with Crippen LogP contribution in [0.2, 0.25) is 0 Å². The minimum atomic E-state index is -1.16. The summed E-state index contributed by atoms with van der Waals surface area (Å²) in [5.74, 6) is -2.31. The van der Waals surface area contributed by atoms with E-state index in [2.05, 4.69) is 35.9 Å². The van der Waals surface area contributed by atoms with Crippen LogP contribution in [0.15, 0.2) is 25.0 Å². The Morgan fingerprint density at radius 1 is 0.919 bits per heavy atom. The normalized spacial score (nSPS) is 14.4. The van der Waals surface area contributed by atoms with E-state index in [1.165, 1.54) is 30.6 Å². The molecule has 2 aromatic rings. The highest BCUT2D eigenvalue weighted by atomic mass is 32.2. The summed E-state index contributed by atoms with van der Waals surface area (Å²) in [6, 6.07) is -4.08. The van der Waals surface area contributed by atoms with Crippen LogP contribution in [-0.4, -0.2) is 84.9 Å². The minimum absolute atomic E-state index is 0.0270. The van der Waals surface area contributed by atoms with Gasteiger partial charge in [0.25, 0.3) is 0 Å². The maximum atomic E-state index is 13.3. The van der Waals surface area contributed by atoms with Crippen LogP contribution in [0.25, 0.3) is 0 Å². The number of rotatable bonds is 16. The van der Waals surface area contributed by atoms with E-state index >= 15 is 0 Å². The van der Waals surface area contributed by atoms with Crippen molar-refractivity contribution in [3.8, 4) is 0 Å². The molecule has 13 nitrogen and oxygen atoms in total. The summed E-state index contributed by atoms with van der Waals surface area (Å²) in [6.45, 7) is 3.70. The highest BCUT2D eigenvalue weighted by Gasteiger charge is 2.31. The van der Waals surface area contributed by atoms with E-state index in [0.717, 1.165) is 0 Å². The average molecular weight is 537 g/mol. The smallest absolute Gasteiger partial charge is 0.326 e. The lowest BCUT2D eigenvalue weighted by atomic mass is 10.0. The van der Waals surface area contributed by atoms with Crippen LogP contribution in [-0.2, 0) is 32.0 Å². The molecule has 0 aliphatic heterocycles. The Bertz CT molecular complexity index is 999. The fraction of sp³-hybridized carbons (Fsp3) is 0.565. The average Bonchev–Trinajstić information content (AvgIpc) is 3.54. The van der Waals surface area contributed by atoms with Crippen LogP contribution in [0.1, 0.15) is 38.1 Å². The summed E-state index contributed by atoms with van der Waals surface area (Å²) < 4.78 is 0. The molecule has 0 saturated heterocycles. The number of nitrogens with two attached hydrogens (primary N) is 1. The van der Waals surface area contributed by atoms with Gasteiger partial charge in [0, 0.05) is 36.6 Å². The minimum Gasteiger partial charge on any atom is -0.480 e. The van der Waals surface area contributed by atoms with Crippen molar-refractivity contribution in [3.63, 3.8) is 0 Å². The molecule has 4 atom stereocenters. The van der Waals surface area contributed by atoms with E-state index in [9.17, 15) is 24.3 Å². The first-order valence-electron chi connectivity index (χ1n) is 11.9. The first kappa shape index (κ1) is 29.8. The second-order valence-corrected chi connectivity index (χ2v) is 10.1. The molecule has 0 aromatic carbocycles. The van der Waals surface area contributed by atoms with Gasteiger partial charge in [0.2, 0.25) is 17.7 Å². The third-order valence-electron chi connectivity index (χ3n) is 5.51. The van der Waals surface area contributed by atoms with Crippen molar-refractivity contribution in [1.29, 1.82) is 0 Å². The van der Waals surface area contributed by atoms with Gasteiger partial charge in [0.1, 0.15) is 18.1 Å². The maximum Gasteiger partial charge on any atom is 0.326 e. The van der Waals surface area contributed by atoms with Crippen LogP contribution in [0.5, 0.6) is 0 Å². The van der Waals surface area contributed by atoms with E-state index in [1.807, 2.05) is 20.1 Å². The van der Waals surface area contributed by atoms with Crippen molar-refractivity contribution in [3.05, 3.63) is 36.4 Å². The fourth-order valence-electron chi connectivity index (χ4n) is 3.57. The number of aromatic amines is 2. The van der Waals surface area contributed by atoms with Gasteiger partial charge in [-0.1, -0.05) is 13.8 Å². The molecule has 204 valence electrons. The lowest BCUT2D eigenvalue weighted by Crippen LogP contribution is -2.58. The lowest BCUT2D eigenvalue weighted by Gasteiger charge is -2.25. The van der Waals surface area contributed by atoms with E-state index in [-0.39, 0.29) is 25.2 Å². The number of carbonyl (C=O) groups is 4. The fourth-order valence-corrected chi connectivity index (χ4v) is 4.04. The van der Waals surface area contributed by atoms with Gasteiger partial charge in [0.05, 0.1) is 18.7 Å². The Morgan fingerprint density at radius 3 is 1.97 bits per heavy atom. The number of nitrogens with zero attached hydrogens (tertiary/aromatic N) is 2. The number of hydrogen-bond acceptors (Lipinski definition) is 8. The lowest BCUT2D eigenvalue weighted by molar-refractivity contribution is -0.142. The Kier molecular flexibility index (Phi) is 12.1. The second-order valence-electron chi connectivity index (χ2n) is 9.10. The first-order chi connectivity index (χ1) is 17.6. The molecule has 2 aromatic heterocycles. The van der Waals surface area contributed by atoms with Crippen LogP contribution >= 0.6 is 11.8 Å². The zero-order valence-corrected chi connectivity index (χ0v) is 22.0. The van der Waals surface area contributed by atoms with Gasteiger partial charge in [-0.2, -0.15) is 11.8 Å². The number of carboxylic acids is 1. The third-order valence-corrected chi connectivity index (χ3v) is 6.15. The quantitative estimate of drug-likeness (QED) is 0.148. The Balaban J connectivity index is 2.14. The SMILES string of the molecule is CSCCC(NC(=O)C(N)Cc1cnc[nH]1)C(=O)NC(Cc1cnc[nH]1)C(=O)NC(CC(C)C)C(=O)O. The van der Waals surface area contributed by atoms with Crippen molar-refractivity contribution in [2.75, 3.05) is 12.0 Å². The van der Waals surface area contributed by atoms with Gasteiger partial charge in [-0.3, -0.25) is 14.4 Å². The van der Waals surface area contributed by atoms with Crippen LogP contribution in [0, 0.1) is 5.92 Å². The van der Waals surface area contributed by atoms with Crippen molar-refractivity contribution >= 4 is 35.5 Å². The second kappa shape index (κ2) is 15.0. The van der Waals surface area contributed by atoms with E-state index in [1.54, 1.807) is 6.20 Å². The van der Waals surface area contributed by atoms with Gasteiger partial charge in [-0.05, 0) is 30.8 Å². The van der Waals surface area contributed by atoms with E-state index in [4.69, 9.17) is 5.73 Å². The number of amides is 3. The molecular formula is C23H36N8O5S. The summed E-state index contributed by atoms with van der Waals surface area (Å²) in [6.07, 6.45) is 8.66. The largest absolute Gasteiger partial charge is 0.480 e. The number of H-pyrrole nitrogens is 2. The molecule has 2 heterocycles. The van der Waals surface area contributed by atoms with Crippen molar-refractivity contribution < 1.29 is 24.3 Å². The van der Waals surface area contributed by atoms with E-state index in [0.29, 0.717) is 23.6 Å². The predicted molar refractivity (Wildman–Crippen MR) is 138 cm³/mol. The predicted octanol–water partition coefficient (Wildman–Crippen LogP) is -0.416. The number of aliphatic carboxylic acids is 1. The molecular weight excluding hydrogens is 500 g/mol. The Labute approximate surface area is 219 Å². The van der Waals surface area contributed by atoms with Gasteiger partial charge >= 0.3 is 5.97 Å². The van der Waals surface area contributed by atoms with Gasteiger partial charge < -0.3 is 36.8 Å². The molecule has 14 heteroatoms. The summed E-state index contributed by atoms with van der Waals surface area (Å²) in [7, 11) is 0. The number of aromatic nitrogens is 4. The molecule has 3 amide bonds. The van der Waals surface area contributed by atoms with Crippen molar-refractivity contribution in [2.24, 2.45) is 11.7 Å².